The molecule has 0 aromatic carbocycles. The van der Waals surface area contributed by atoms with Gasteiger partial charge in [-0.1, -0.05) is 6.92 Å². The molecule has 1 N–H and O–H groups in total. The Morgan fingerprint density at radius 2 is 2.18 bits per heavy atom. The van der Waals surface area contributed by atoms with E-state index in [4.69, 9.17) is 9.15 Å². The molecule has 0 saturated heterocycles. The van der Waals surface area contributed by atoms with Crippen molar-refractivity contribution in [3.05, 3.63) is 29.7 Å². The van der Waals surface area contributed by atoms with Gasteiger partial charge in [0.1, 0.15) is 11.5 Å². The van der Waals surface area contributed by atoms with Gasteiger partial charge in [0.15, 0.2) is 0 Å². The van der Waals surface area contributed by atoms with Crippen molar-refractivity contribution in [2.75, 3.05) is 6.54 Å². The average Bonchev–Trinajstić information content (AvgIpc) is 2.99. The van der Waals surface area contributed by atoms with Crippen LogP contribution in [0.15, 0.2) is 22.6 Å². The lowest BCUT2D eigenvalue weighted by atomic mass is 10.3. The van der Waals surface area contributed by atoms with Crippen LogP contribution >= 0.6 is 0 Å². The molecule has 1 aliphatic rings. The minimum absolute atomic E-state index is 0.134. The molecule has 1 amide bonds. The minimum Gasteiger partial charge on any atom is -0.463 e. The fraction of sp³-hybridized carbons (Fsp3) is 0.529. The normalized spacial score (nSPS) is 20.4. The van der Waals surface area contributed by atoms with Crippen molar-refractivity contribution in [2.45, 2.75) is 45.6 Å². The first-order chi connectivity index (χ1) is 10.5. The SMILES string of the molecule is CC(C)OC(=O)CCNC(=O)/C=C/c1ccc(C2CC2C)o1. The summed E-state index contributed by atoms with van der Waals surface area (Å²) in [5.74, 6) is 2.32. The van der Waals surface area contributed by atoms with E-state index in [2.05, 4.69) is 12.2 Å². The molecule has 1 heterocycles. The van der Waals surface area contributed by atoms with E-state index in [9.17, 15) is 9.59 Å². The van der Waals surface area contributed by atoms with Crippen LogP contribution in [0.5, 0.6) is 0 Å². The second kappa shape index (κ2) is 7.29. The summed E-state index contributed by atoms with van der Waals surface area (Å²) >= 11 is 0. The van der Waals surface area contributed by atoms with E-state index >= 15 is 0 Å². The monoisotopic (exact) mass is 305 g/mol. The largest absolute Gasteiger partial charge is 0.463 e. The lowest BCUT2D eigenvalue weighted by Gasteiger charge is -2.07. The van der Waals surface area contributed by atoms with Gasteiger partial charge in [-0.25, -0.2) is 0 Å². The molecule has 5 heteroatoms. The highest BCUT2D eigenvalue weighted by Gasteiger charge is 2.36. The van der Waals surface area contributed by atoms with E-state index in [0.717, 1.165) is 5.76 Å². The molecule has 22 heavy (non-hydrogen) atoms. The van der Waals surface area contributed by atoms with Gasteiger partial charge in [-0.05, 0) is 44.4 Å². The number of hydrogen-bond donors (Lipinski definition) is 1. The van der Waals surface area contributed by atoms with Crippen LogP contribution in [0.1, 0.15) is 51.1 Å². The van der Waals surface area contributed by atoms with Gasteiger partial charge in [0.05, 0.1) is 12.5 Å². The molecule has 1 aliphatic carbocycles. The first-order valence-corrected chi connectivity index (χ1v) is 7.71. The van der Waals surface area contributed by atoms with Gasteiger partial charge in [-0.15, -0.1) is 0 Å². The molecule has 120 valence electrons. The Bertz CT molecular complexity index is 559. The lowest BCUT2D eigenvalue weighted by Crippen LogP contribution is -2.25. The third-order valence-corrected chi connectivity index (χ3v) is 3.52. The summed E-state index contributed by atoms with van der Waals surface area (Å²) in [4.78, 5) is 22.9. The maximum Gasteiger partial charge on any atom is 0.307 e. The van der Waals surface area contributed by atoms with Crippen LogP contribution in [-0.2, 0) is 14.3 Å². The minimum atomic E-state index is -0.312. The lowest BCUT2D eigenvalue weighted by molar-refractivity contribution is -0.147. The van der Waals surface area contributed by atoms with E-state index in [1.807, 2.05) is 12.1 Å². The molecule has 2 atom stereocenters. The highest BCUT2D eigenvalue weighted by molar-refractivity contribution is 5.91. The third-order valence-electron chi connectivity index (χ3n) is 3.52. The number of ether oxygens (including phenoxy) is 1. The highest BCUT2D eigenvalue weighted by Crippen LogP contribution is 2.47. The quantitative estimate of drug-likeness (QED) is 0.621. The summed E-state index contributed by atoms with van der Waals surface area (Å²) in [5, 5.41) is 2.64. The zero-order valence-electron chi connectivity index (χ0n) is 13.3. The molecular formula is C17H23NO4. The summed E-state index contributed by atoms with van der Waals surface area (Å²) in [7, 11) is 0. The van der Waals surface area contributed by atoms with E-state index < -0.39 is 0 Å². The zero-order chi connectivity index (χ0) is 16.1. The van der Waals surface area contributed by atoms with E-state index in [0.29, 0.717) is 17.6 Å². The van der Waals surface area contributed by atoms with Crippen LogP contribution < -0.4 is 5.32 Å². The number of rotatable bonds is 7. The molecule has 1 aromatic rings. The summed E-state index contributed by atoms with van der Waals surface area (Å²) in [6.07, 6.45) is 4.25. The second-order valence-corrected chi connectivity index (χ2v) is 5.97. The van der Waals surface area contributed by atoms with Gasteiger partial charge in [-0.2, -0.15) is 0 Å². The van der Waals surface area contributed by atoms with Crippen molar-refractivity contribution in [2.24, 2.45) is 5.92 Å². The summed E-state index contributed by atoms with van der Waals surface area (Å²) in [6, 6.07) is 3.83. The predicted molar refractivity (Wildman–Crippen MR) is 83.1 cm³/mol. The van der Waals surface area contributed by atoms with Crippen molar-refractivity contribution in [1.82, 2.24) is 5.32 Å². The Kier molecular flexibility index (Phi) is 5.41. The molecule has 2 unspecified atom stereocenters. The fourth-order valence-corrected chi connectivity index (χ4v) is 2.20. The summed E-state index contributed by atoms with van der Waals surface area (Å²) in [5.41, 5.74) is 0. The van der Waals surface area contributed by atoms with Crippen molar-refractivity contribution in [1.29, 1.82) is 0 Å². The molecule has 0 bridgehead atoms. The number of nitrogens with one attached hydrogen (secondary N) is 1. The van der Waals surface area contributed by atoms with Crippen molar-refractivity contribution < 1.29 is 18.7 Å². The molecule has 1 fully saturated rings. The van der Waals surface area contributed by atoms with Crippen LogP contribution in [0.25, 0.3) is 6.08 Å². The number of amides is 1. The van der Waals surface area contributed by atoms with Gasteiger partial charge >= 0.3 is 5.97 Å². The van der Waals surface area contributed by atoms with Crippen LogP contribution in [0.3, 0.4) is 0 Å². The van der Waals surface area contributed by atoms with Crippen LogP contribution in [0.2, 0.25) is 0 Å². The van der Waals surface area contributed by atoms with Crippen molar-refractivity contribution >= 4 is 18.0 Å². The zero-order valence-corrected chi connectivity index (χ0v) is 13.3. The number of hydrogen-bond acceptors (Lipinski definition) is 4. The molecule has 0 spiro atoms. The topological polar surface area (TPSA) is 68.5 Å². The van der Waals surface area contributed by atoms with E-state index in [1.54, 1.807) is 19.9 Å². The van der Waals surface area contributed by atoms with E-state index in [-0.39, 0.29) is 30.9 Å². The number of esters is 1. The standard InChI is InChI=1S/C17H23NO4/c1-11(2)21-17(20)8-9-18-16(19)7-5-13-4-6-15(22-13)14-10-12(14)3/h4-7,11-12,14H,8-10H2,1-3H3,(H,18,19)/b7-5+. The van der Waals surface area contributed by atoms with Crippen LogP contribution in [0.4, 0.5) is 0 Å². The Balaban J connectivity index is 1.70. The molecule has 5 nitrogen and oxygen atoms in total. The van der Waals surface area contributed by atoms with Crippen molar-refractivity contribution in [3.63, 3.8) is 0 Å². The maximum atomic E-state index is 11.6. The molecule has 1 aromatic heterocycles. The van der Waals surface area contributed by atoms with Crippen LogP contribution in [-0.4, -0.2) is 24.5 Å². The number of carbonyl (C=O) groups excluding carboxylic acids is 2. The van der Waals surface area contributed by atoms with Gasteiger partial charge in [0.25, 0.3) is 0 Å². The molecule has 0 radical (unpaired) electrons. The Hall–Kier alpha value is -2.04. The highest BCUT2D eigenvalue weighted by atomic mass is 16.5. The third kappa shape index (κ3) is 5.06. The maximum absolute atomic E-state index is 11.6. The van der Waals surface area contributed by atoms with Gasteiger partial charge < -0.3 is 14.5 Å². The Morgan fingerprint density at radius 3 is 2.82 bits per heavy atom. The smallest absolute Gasteiger partial charge is 0.307 e. The fourth-order valence-electron chi connectivity index (χ4n) is 2.20. The molecular weight excluding hydrogens is 282 g/mol. The average molecular weight is 305 g/mol. The Morgan fingerprint density at radius 1 is 1.45 bits per heavy atom. The Labute approximate surface area is 130 Å². The summed E-state index contributed by atoms with van der Waals surface area (Å²) < 4.78 is 10.7. The molecule has 0 aliphatic heterocycles. The predicted octanol–water partition coefficient (Wildman–Crippen LogP) is 2.87. The van der Waals surface area contributed by atoms with Gasteiger partial charge in [0, 0.05) is 18.5 Å². The first-order valence-electron chi connectivity index (χ1n) is 7.71. The first kappa shape index (κ1) is 16.3. The van der Waals surface area contributed by atoms with Crippen LogP contribution in [0, 0.1) is 5.92 Å². The number of carbonyl (C=O) groups is 2. The van der Waals surface area contributed by atoms with Gasteiger partial charge in [0.2, 0.25) is 5.91 Å². The number of furan rings is 1. The van der Waals surface area contributed by atoms with E-state index in [1.165, 1.54) is 12.5 Å². The van der Waals surface area contributed by atoms with Crippen molar-refractivity contribution in [3.8, 4) is 0 Å². The van der Waals surface area contributed by atoms with Gasteiger partial charge in [-0.3, -0.25) is 9.59 Å². The molecule has 1 saturated carbocycles. The summed E-state index contributed by atoms with van der Waals surface area (Å²) in [6.45, 7) is 6.04. The molecule has 2 rings (SSSR count). The second-order valence-electron chi connectivity index (χ2n) is 5.97.